The Bertz CT molecular complexity index is 1130. The van der Waals surface area contributed by atoms with Gasteiger partial charge in [-0.05, 0) is 36.4 Å². The van der Waals surface area contributed by atoms with Gasteiger partial charge >= 0.3 is 5.97 Å². The topological polar surface area (TPSA) is 137 Å². The summed E-state index contributed by atoms with van der Waals surface area (Å²) in [4.78, 5) is 24.2. The number of nitrogens with zero attached hydrogens (tertiary/aromatic N) is 3. The third kappa shape index (κ3) is 6.13. The van der Waals surface area contributed by atoms with Crippen LogP contribution in [-0.4, -0.2) is 35.1 Å². The van der Waals surface area contributed by atoms with Crippen molar-refractivity contribution in [3.05, 3.63) is 65.4 Å². The van der Waals surface area contributed by atoms with Crippen LogP contribution in [0.3, 0.4) is 0 Å². The number of halogens is 1. The molecule has 0 fully saturated rings. The van der Waals surface area contributed by atoms with Crippen LogP contribution >= 0.6 is 11.6 Å². The number of esters is 1. The maximum absolute atomic E-state index is 12.2. The summed E-state index contributed by atoms with van der Waals surface area (Å²) in [5, 5.41) is 3.52. The monoisotopic (exact) mass is 447 g/mol. The lowest BCUT2D eigenvalue weighted by Gasteiger charge is -2.08. The fourth-order valence-corrected chi connectivity index (χ4v) is 3.77. The minimum atomic E-state index is -3.57. The van der Waals surface area contributed by atoms with Crippen molar-refractivity contribution >= 4 is 45.0 Å². The second-order valence-corrected chi connectivity index (χ2v) is 8.65. The van der Waals surface area contributed by atoms with E-state index in [4.69, 9.17) is 22.1 Å². The first-order valence-corrected chi connectivity index (χ1v) is 10.8. The molecule has 3 aromatic rings. The number of hydrogen-bond donors (Lipinski definition) is 2. The summed E-state index contributed by atoms with van der Waals surface area (Å²) in [6.07, 6.45) is -0.298. The predicted molar refractivity (Wildman–Crippen MR) is 112 cm³/mol. The van der Waals surface area contributed by atoms with Crippen LogP contribution in [0.4, 0.5) is 17.6 Å². The summed E-state index contributed by atoms with van der Waals surface area (Å²) in [6, 6.07) is 14.8. The van der Waals surface area contributed by atoms with E-state index in [0.29, 0.717) is 10.7 Å². The molecule has 0 bridgehead atoms. The molecule has 0 aliphatic carbocycles. The molecule has 0 unspecified atom stereocenters. The SMILES string of the molecule is Nc1nc(COC(=O)CCS(=O)(=O)c2ccccc2)nc(Nc2ccc(Cl)cc2)n1. The van der Waals surface area contributed by atoms with Gasteiger partial charge in [-0.3, -0.25) is 4.79 Å². The molecule has 2 aromatic carbocycles. The van der Waals surface area contributed by atoms with Gasteiger partial charge in [0.15, 0.2) is 22.3 Å². The van der Waals surface area contributed by atoms with Gasteiger partial charge in [0.2, 0.25) is 11.9 Å². The first kappa shape index (κ1) is 21.5. The third-order valence-corrected chi connectivity index (χ3v) is 5.82. The van der Waals surface area contributed by atoms with E-state index in [0.717, 1.165) is 0 Å². The van der Waals surface area contributed by atoms with Crippen molar-refractivity contribution in [1.82, 2.24) is 15.0 Å². The zero-order valence-corrected chi connectivity index (χ0v) is 17.2. The maximum atomic E-state index is 12.2. The summed E-state index contributed by atoms with van der Waals surface area (Å²) in [5.74, 6) is -0.820. The van der Waals surface area contributed by atoms with Crippen LogP contribution < -0.4 is 11.1 Å². The highest BCUT2D eigenvalue weighted by atomic mass is 35.5. The minimum Gasteiger partial charge on any atom is -0.457 e. The molecule has 3 N–H and O–H groups in total. The lowest BCUT2D eigenvalue weighted by atomic mass is 10.3. The fraction of sp³-hybridized carbons (Fsp3) is 0.158. The molecule has 0 spiro atoms. The van der Waals surface area contributed by atoms with Crippen molar-refractivity contribution < 1.29 is 17.9 Å². The number of aromatic nitrogens is 3. The van der Waals surface area contributed by atoms with Crippen LogP contribution in [0.2, 0.25) is 5.02 Å². The molecule has 156 valence electrons. The van der Waals surface area contributed by atoms with E-state index in [2.05, 4.69) is 20.3 Å². The van der Waals surface area contributed by atoms with Gasteiger partial charge in [-0.15, -0.1) is 0 Å². The molecule has 0 radical (unpaired) electrons. The number of carbonyl (C=O) groups excluding carboxylic acids is 1. The predicted octanol–water partition coefficient (Wildman–Crippen LogP) is 2.76. The highest BCUT2D eigenvalue weighted by molar-refractivity contribution is 7.91. The first-order chi connectivity index (χ1) is 14.3. The Hall–Kier alpha value is -3.24. The van der Waals surface area contributed by atoms with E-state index in [-0.39, 0.29) is 41.4 Å². The molecule has 1 heterocycles. The molecule has 1 aromatic heterocycles. The quantitative estimate of drug-likeness (QED) is 0.499. The maximum Gasteiger partial charge on any atom is 0.307 e. The van der Waals surface area contributed by atoms with Gasteiger partial charge in [-0.2, -0.15) is 15.0 Å². The number of nitrogens with two attached hydrogens (primary N) is 1. The van der Waals surface area contributed by atoms with E-state index in [1.165, 1.54) is 12.1 Å². The Morgan fingerprint density at radius 2 is 1.73 bits per heavy atom. The smallest absolute Gasteiger partial charge is 0.307 e. The van der Waals surface area contributed by atoms with Gasteiger partial charge in [-0.25, -0.2) is 8.42 Å². The van der Waals surface area contributed by atoms with E-state index < -0.39 is 15.8 Å². The number of sulfone groups is 1. The summed E-state index contributed by atoms with van der Waals surface area (Å²) in [7, 11) is -3.57. The lowest BCUT2D eigenvalue weighted by molar-refractivity contribution is -0.144. The highest BCUT2D eigenvalue weighted by Gasteiger charge is 2.17. The fourth-order valence-electron chi connectivity index (χ4n) is 2.40. The molecule has 0 atom stereocenters. The number of anilines is 3. The summed E-state index contributed by atoms with van der Waals surface area (Å²) < 4.78 is 29.5. The zero-order chi connectivity index (χ0) is 21.6. The third-order valence-electron chi connectivity index (χ3n) is 3.84. The molecule has 3 rings (SSSR count). The van der Waals surface area contributed by atoms with Gasteiger partial charge < -0.3 is 15.8 Å². The molecule has 0 amide bonds. The Labute approximate surface area is 178 Å². The second-order valence-electron chi connectivity index (χ2n) is 6.11. The Morgan fingerprint density at radius 1 is 1.03 bits per heavy atom. The van der Waals surface area contributed by atoms with Crippen molar-refractivity contribution in [3.8, 4) is 0 Å². The summed E-state index contributed by atoms with van der Waals surface area (Å²) in [6.45, 7) is -0.272. The Balaban J connectivity index is 1.56. The molecule has 0 saturated heterocycles. The van der Waals surface area contributed by atoms with Crippen molar-refractivity contribution in [3.63, 3.8) is 0 Å². The Kier molecular flexibility index (Phi) is 6.80. The second kappa shape index (κ2) is 9.51. The number of hydrogen-bond acceptors (Lipinski definition) is 9. The van der Waals surface area contributed by atoms with Gasteiger partial charge in [0.05, 0.1) is 17.1 Å². The number of rotatable bonds is 8. The van der Waals surface area contributed by atoms with Crippen molar-refractivity contribution in [2.75, 3.05) is 16.8 Å². The minimum absolute atomic E-state index is 0.0563. The number of ether oxygens (including phenoxy) is 1. The van der Waals surface area contributed by atoms with Crippen LogP contribution in [-0.2, 0) is 26.0 Å². The number of benzene rings is 2. The van der Waals surface area contributed by atoms with Crippen molar-refractivity contribution in [2.24, 2.45) is 0 Å². The van der Waals surface area contributed by atoms with Crippen LogP contribution in [0.1, 0.15) is 12.2 Å². The van der Waals surface area contributed by atoms with Crippen LogP contribution in [0, 0.1) is 0 Å². The van der Waals surface area contributed by atoms with Crippen LogP contribution in [0.5, 0.6) is 0 Å². The van der Waals surface area contributed by atoms with Crippen LogP contribution in [0.15, 0.2) is 59.5 Å². The molecule has 0 aliphatic rings. The normalized spacial score (nSPS) is 11.1. The number of carbonyl (C=O) groups is 1. The van der Waals surface area contributed by atoms with Gasteiger partial charge in [0.1, 0.15) is 0 Å². The first-order valence-electron chi connectivity index (χ1n) is 8.78. The molecular weight excluding hydrogens is 430 g/mol. The average Bonchev–Trinajstić information content (AvgIpc) is 2.73. The summed E-state index contributed by atoms with van der Waals surface area (Å²) >= 11 is 5.85. The number of nitrogens with one attached hydrogen (secondary N) is 1. The molecule has 30 heavy (non-hydrogen) atoms. The number of nitrogen functional groups attached to an aromatic ring is 1. The molecule has 0 saturated carbocycles. The van der Waals surface area contributed by atoms with Crippen molar-refractivity contribution in [2.45, 2.75) is 17.9 Å². The van der Waals surface area contributed by atoms with E-state index in [1.807, 2.05) is 0 Å². The molecular formula is C19H18ClN5O4S. The van der Waals surface area contributed by atoms with Crippen molar-refractivity contribution in [1.29, 1.82) is 0 Å². The van der Waals surface area contributed by atoms with E-state index in [1.54, 1.807) is 42.5 Å². The van der Waals surface area contributed by atoms with E-state index in [9.17, 15) is 13.2 Å². The zero-order valence-electron chi connectivity index (χ0n) is 15.7. The Morgan fingerprint density at radius 3 is 2.43 bits per heavy atom. The van der Waals surface area contributed by atoms with Gasteiger partial charge in [-0.1, -0.05) is 29.8 Å². The summed E-state index contributed by atoms with van der Waals surface area (Å²) in [5.41, 5.74) is 6.36. The standard InChI is InChI=1S/C19H18ClN5O4S/c20-13-6-8-14(9-7-13)22-19-24-16(23-18(21)25-19)12-29-17(26)10-11-30(27,28)15-4-2-1-3-5-15/h1-9H,10-12H2,(H3,21,22,23,24,25). The van der Waals surface area contributed by atoms with E-state index >= 15 is 0 Å². The lowest BCUT2D eigenvalue weighted by Crippen LogP contribution is -2.15. The van der Waals surface area contributed by atoms with Gasteiger partial charge in [0, 0.05) is 10.7 Å². The highest BCUT2D eigenvalue weighted by Crippen LogP contribution is 2.17. The molecule has 11 heteroatoms. The average molecular weight is 448 g/mol. The van der Waals surface area contributed by atoms with Gasteiger partial charge in [0.25, 0.3) is 0 Å². The molecule has 9 nitrogen and oxygen atoms in total. The van der Waals surface area contributed by atoms with Crippen LogP contribution in [0.25, 0.3) is 0 Å². The molecule has 0 aliphatic heterocycles. The largest absolute Gasteiger partial charge is 0.457 e.